The molecule has 8 nitrogen and oxygen atoms in total. The first kappa shape index (κ1) is 22.0. The number of rotatable bonds is 8. The van der Waals surface area contributed by atoms with Gasteiger partial charge in [-0.2, -0.15) is 0 Å². The molecule has 162 valence electrons. The fourth-order valence-electron chi connectivity index (χ4n) is 3.45. The van der Waals surface area contributed by atoms with Gasteiger partial charge in [0.15, 0.2) is 0 Å². The van der Waals surface area contributed by atoms with Crippen LogP contribution in [0, 0.1) is 6.92 Å². The summed E-state index contributed by atoms with van der Waals surface area (Å²) in [7, 11) is 0. The zero-order valence-electron chi connectivity index (χ0n) is 17.9. The van der Waals surface area contributed by atoms with Crippen LogP contribution in [-0.2, 0) is 16.0 Å². The average Bonchev–Trinajstić information content (AvgIpc) is 2.73. The molecule has 2 heterocycles. The predicted octanol–water partition coefficient (Wildman–Crippen LogP) is 2.37. The Hall–Kier alpha value is -2.71. The lowest BCUT2D eigenvalue weighted by atomic mass is 10.1. The molecule has 0 aliphatic carbocycles. The van der Waals surface area contributed by atoms with E-state index in [-0.39, 0.29) is 11.5 Å². The van der Waals surface area contributed by atoms with Gasteiger partial charge in [0.05, 0.1) is 31.9 Å². The van der Waals surface area contributed by atoms with Crippen molar-refractivity contribution in [3.8, 4) is 17.1 Å². The Morgan fingerprint density at radius 1 is 1.30 bits per heavy atom. The van der Waals surface area contributed by atoms with Crippen molar-refractivity contribution >= 4 is 11.6 Å². The number of morpholine rings is 1. The van der Waals surface area contributed by atoms with Crippen molar-refractivity contribution in [2.45, 2.75) is 33.6 Å². The van der Waals surface area contributed by atoms with Crippen molar-refractivity contribution in [1.29, 1.82) is 0 Å². The number of H-pyrrole nitrogens is 1. The highest BCUT2D eigenvalue weighted by Crippen LogP contribution is 2.31. The Balaban J connectivity index is 1.86. The highest BCUT2D eigenvalue weighted by molar-refractivity contribution is 5.93. The minimum atomic E-state index is -0.150. The van der Waals surface area contributed by atoms with E-state index < -0.39 is 0 Å². The van der Waals surface area contributed by atoms with Gasteiger partial charge >= 0.3 is 0 Å². The predicted molar refractivity (Wildman–Crippen MR) is 116 cm³/mol. The Labute approximate surface area is 176 Å². The maximum absolute atomic E-state index is 12.5. The summed E-state index contributed by atoms with van der Waals surface area (Å²) in [5, 5.41) is 2.94. The molecule has 1 fully saturated rings. The van der Waals surface area contributed by atoms with Gasteiger partial charge < -0.3 is 19.8 Å². The lowest BCUT2D eigenvalue weighted by Crippen LogP contribution is -2.41. The van der Waals surface area contributed by atoms with Gasteiger partial charge in [0.1, 0.15) is 11.6 Å². The molecule has 2 N–H and O–H groups in total. The van der Waals surface area contributed by atoms with Gasteiger partial charge in [-0.1, -0.05) is 13.8 Å². The van der Waals surface area contributed by atoms with Crippen LogP contribution in [0.15, 0.2) is 23.0 Å². The summed E-state index contributed by atoms with van der Waals surface area (Å²) in [6.07, 6.45) is 1.47. The van der Waals surface area contributed by atoms with Crippen LogP contribution in [0.5, 0.6) is 5.75 Å². The molecule has 3 rings (SSSR count). The fourth-order valence-corrected chi connectivity index (χ4v) is 3.45. The summed E-state index contributed by atoms with van der Waals surface area (Å²) in [4.78, 5) is 34.4. The fraction of sp³-hybridized carbons (Fsp3) is 0.500. The Bertz CT molecular complexity index is 935. The van der Waals surface area contributed by atoms with Crippen LogP contribution in [-0.4, -0.2) is 60.2 Å². The van der Waals surface area contributed by atoms with Crippen LogP contribution >= 0.6 is 0 Å². The van der Waals surface area contributed by atoms with E-state index in [1.165, 1.54) is 0 Å². The second kappa shape index (κ2) is 10.4. The average molecular weight is 415 g/mol. The maximum atomic E-state index is 12.5. The molecule has 1 aliphatic heterocycles. The van der Waals surface area contributed by atoms with Gasteiger partial charge in [-0.05, 0) is 38.0 Å². The molecule has 1 saturated heterocycles. The topological polar surface area (TPSA) is 96.5 Å². The van der Waals surface area contributed by atoms with Crippen LogP contribution in [0.1, 0.15) is 31.5 Å². The third-order valence-electron chi connectivity index (χ3n) is 5.03. The number of aryl methyl sites for hydroxylation is 1. The van der Waals surface area contributed by atoms with Gasteiger partial charge in [0.25, 0.3) is 5.56 Å². The highest BCUT2D eigenvalue weighted by atomic mass is 16.5. The number of hydrogen-bond acceptors (Lipinski definition) is 6. The number of carbonyl (C=O) groups excluding carboxylic acids is 1. The van der Waals surface area contributed by atoms with E-state index in [0.717, 1.165) is 19.5 Å². The molecule has 0 radical (unpaired) electrons. The first-order valence-electron chi connectivity index (χ1n) is 10.5. The van der Waals surface area contributed by atoms with Crippen LogP contribution in [0.4, 0.5) is 5.69 Å². The molecule has 1 aromatic carbocycles. The third kappa shape index (κ3) is 5.46. The SMILES string of the molecule is CCCOc1ccc(NC(=O)CN2CCOCC2)cc1-c1nc(C)c(CC)c(=O)[nH]1. The summed E-state index contributed by atoms with van der Waals surface area (Å²) in [5.41, 5.74) is 2.50. The molecule has 0 atom stereocenters. The highest BCUT2D eigenvalue weighted by Gasteiger charge is 2.17. The molecule has 1 aliphatic rings. The monoisotopic (exact) mass is 414 g/mol. The van der Waals surface area contributed by atoms with E-state index in [2.05, 4.69) is 20.2 Å². The molecule has 0 bridgehead atoms. The minimum Gasteiger partial charge on any atom is -0.493 e. The summed E-state index contributed by atoms with van der Waals surface area (Å²) >= 11 is 0. The molecular formula is C22H30N4O4. The second-order valence-electron chi connectivity index (χ2n) is 7.33. The zero-order chi connectivity index (χ0) is 21.5. The van der Waals surface area contributed by atoms with E-state index in [9.17, 15) is 9.59 Å². The van der Waals surface area contributed by atoms with Crippen LogP contribution in [0.25, 0.3) is 11.4 Å². The van der Waals surface area contributed by atoms with Gasteiger partial charge in [0, 0.05) is 30.0 Å². The van der Waals surface area contributed by atoms with E-state index in [1.54, 1.807) is 18.2 Å². The Kier molecular flexibility index (Phi) is 7.59. The molecular weight excluding hydrogens is 384 g/mol. The number of aromatic amines is 1. The quantitative estimate of drug-likeness (QED) is 0.688. The molecule has 2 aromatic rings. The molecule has 8 heteroatoms. The van der Waals surface area contributed by atoms with Gasteiger partial charge in [-0.25, -0.2) is 4.98 Å². The second-order valence-corrected chi connectivity index (χ2v) is 7.33. The first-order chi connectivity index (χ1) is 14.5. The zero-order valence-corrected chi connectivity index (χ0v) is 17.9. The van der Waals surface area contributed by atoms with E-state index in [0.29, 0.717) is 66.9 Å². The van der Waals surface area contributed by atoms with Crippen molar-refractivity contribution in [2.75, 3.05) is 44.8 Å². The van der Waals surface area contributed by atoms with Crippen molar-refractivity contribution in [1.82, 2.24) is 14.9 Å². The molecule has 0 saturated carbocycles. The van der Waals surface area contributed by atoms with Crippen molar-refractivity contribution in [3.05, 3.63) is 39.8 Å². The third-order valence-corrected chi connectivity index (χ3v) is 5.03. The molecule has 0 spiro atoms. The summed E-state index contributed by atoms with van der Waals surface area (Å²) in [6.45, 7) is 9.43. The standard InChI is InChI=1S/C22H30N4O4/c1-4-10-30-19-7-6-16(24-20(27)14-26-8-11-29-12-9-26)13-18(19)21-23-15(3)17(5-2)22(28)25-21/h6-7,13H,4-5,8-12,14H2,1-3H3,(H,24,27)(H,23,25,28). The maximum Gasteiger partial charge on any atom is 0.254 e. The lowest BCUT2D eigenvalue weighted by Gasteiger charge is -2.25. The minimum absolute atomic E-state index is 0.0935. The Morgan fingerprint density at radius 3 is 2.73 bits per heavy atom. The number of aromatic nitrogens is 2. The van der Waals surface area contributed by atoms with Crippen molar-refractivity contribution in [2.24, 2.45) is 0 Å². The number of hydrogen-bond donors (Lipinski definition) is 2. The number of ether oxygens (including phenoxy) is 2. The number of anilines is 1. The van der Waals surface area contributed by atoms with Crippen LogP contribution in [0.2, 0.25) is 0 Å². The molecule has 1 amide bonds. The van der Waals surface area contributed by atoms with Gasteiger partial charge in [-0.15, -0.1) is 0 Å². The summed E-state index contributed by atoms with van der Waals surface area (Å²) in [5.74, 6) is 0.962. The normalized spacial score (nSPS) is 14.5. The van der Waals surface area contributed by atoms with E-state index in [4.69, 9.17) is 9.47 Å². The van der Waals surface area contributed by atoms with E-state index in [1.807, 2.05) is 20.8 Å². The molecule has 30 heavy (non-hydrogen) atoms. The van der Waals surface area contributed by atoms with Crippen molar-refractivity contribution in [3.63, 3.8) is 0 Å². The Morgan fingerprint density at radius 2 is 2.07 bits per heavy atom. The van der Waals surface area contributed by atoms with Crippen LogP contribution < -0.4 is 15.6 Å². The van der Waals surface area contributed by atoms with Crippen molar-refractivity contribution < 1.29 is 14.3 Å². The summed E-state index contributed by atoms with van der Waals surface area (Å²) < 4.78 is 11.2. The number of amides is 1. The smallest absolute Gasteiger partial charge is 0.254 e. The van der Waals surface area contributed by atoms with Gasteiger partial charge in [0.2, 0.25) is 5.91 Å². The molecule has 1 aromatic heterocycles. The lowest BCUT2D eigenvalue weighted by molar-refractivity contribution is -0.118. The largest absolute Gasteiger partial charge is 0.493 e. The molecule has 0 unspecified atom stereocenters. The summed E-state index contributed by atoms with van der Waals surface area (Å²) in [6, 6.07) is 5.40. The number of nitrogens with one attached hydrogen (secondary N) is 2. The first-order valence-corrected chi connectivity index (χ1v) is 10.5. The van der Waals surface area contributed by atoms with Crippen LogP contribution in [0.3, 0.4) is 0 Å². The number of nitrogens with zero attached hydrogens (tertiary/aromatic N) is 2. The van der Waals surface area contributed by atoms with Gasteiger partial charge in [-0.3, -0.25) is 14.5 Å². The number of benzene rings is 1. The number of carbonyl (C=O) groups is 1. The van der Waals surface area contributed by atoms with E-state index >= 15 is 0 Å².